The zero-order valence-electron chi connectivity index (χ0n) is 10.8. The van der Waals surface area contributed by atoms with Gasteiger partial charge >= 0.3 is 6.36 Å². The number of benzene rings is 1. The van der Waals surface area contributed by atoms with Gasteiger partial charge in [0.1, 0.15) is 5.75 Å². The van der Waals surface area contributed by atoms with Crippen molar-refractivity contribution in [2.75, 3.05) is 20.6 Å². The van der Waals surface area contributed by atoms with Crippen molar-refractivity contribution < 1.29 is 17.9 Å². The molecule has 1 aromatic rings. The standard InChI is InChI=1S/C13H18F3NO/c1-10-9-12(18-13(14,15)16)7-6-11(10)5-4-8-17(2)3/h6-7,9H,4-5,8H2,1-3H3. The summed E-state index contributed by atoms with van der Waals surface area (Å²) in [5, 5.41) is 0. The van der Waals surface area contributed by atoms with E-state index in [4.69, 9.17) is 0 Å². The third-order valence-corrected chi connectivity index (χ3v) is 2.60. The number of alkyl halides is 3. The maximum Gasteiger partial charge on any atom is 0.573 e. The molecule has 102 valence electrons. The van der Waals surface area contributed by atoms with Crippen LogP contribution in [0, 0.1) is 6.92 Å². The maximum absolute atomic E-state index is 12.0. The molecule has 0 bridgehead atoms. The molecule has 0 aliphatic heterocycles. The Morgan fingerprint density at radius 2 is 1.89 bits per heavy atom. The first-order chi connectivity index (χ1) is 8.28. The summed E-state index contributed by atoms with van der Waals surface area (Å²) in [6.07, 6.45) is -2.79. The largest absolute Gasteiger partial charge is 0.573 e. The summed E-state index contributed by atoms with van der Waals surface area (Å²) in [6.45, 7) is 2.76. The molecule has 0 saturated carbocycles. The Morgan fingerprint density at radius 1 is 1.22 bits per heavy atom. The van der Waals surface area contributed by atoms with Crippen molar-refractivity contribution in [3.63, 3.8) is 0 Å². The van der Waals surface area contributed by atoms with Crippen LogP contribution in [0.15, 0.2) is 18.2 Å². The van der Waals surface area contributed by atoms with E-state index in [-0.39, 0.29) is 5.75 Å². The van der Waals surface area contributed by atoms with Crippen LogP contribution in [0.25, 0.3) is 0 Å². The Bertz CT molecular complexity index is 388. The van der Waals surface area contributed by atoms with E-state index in [0.29, 0.717) is 0 Å². The molecule has 0 heterocycles. The Morgan fingerprint density at radius 3 is 2.39 bits per heavy atom. The summed E-state index contributed by atoms with van der Waals surface area (Å²) in [5.41, 5.74) is 1.89. The van der Waals surface area contributed by atoms with E-state index in [9.17, 15) is 13.2 Å². The first-order valence-electron chi connectivity index (χ1n) is 5.78. The van der Waals surface area contributed by atoms with E-state index in [1.165, 1.54) is 12.1 Å². The van der Waals surface area contributed by atoms with E-state index >= 15 is 0 Å². The van der Waals surface area contributed by atoms with E-state index in [0.717, 1.165) is 30.5 Å². The topological polar surface area (TPSA) is 12.5 Å². The Hall–Kier alpha value is -1.23. The predicted molar refractivity (Wildman–Crippen MR) is 64.7 cm³/mol. The number of aryl methyl sites for hydroxylation is 2. The van der Waals surface area contributed by atoms with Gasteiger partial charge in [0.25, 0.3) is 0 Å². The van der Waals surface area contributed by atoms with Crippen molar-refractivity contribution in [2.24, 2.45) is 0 Å². The summed E-state index contributed by atoms with van der Waals surface area (Å²) in [7, 11) is 3.99. The Balaban J connectivity index is 2.62. The van der Waals surface area contributed by atoms with E-state index in [2.05, 4.69) is 9.64 Å². The summed E-state index contributed by atoms with van der Waals surface area (Å²) in [4.78, 5) is 2.08. The van der Waals surface area contributed by atoms with Crippen LogP contribution in [0.2, 0.25) is 0 Å². The van der Waals surface area contributed by atoms with Gasteiger partial charge < -0.3 is 9.64 Å². The van der Waals surface area contributed by atoms with Gasteiger partial charge in [0, 0.05) is 0 Å². The molecule has 5 heteroatoms. The number of ether oxygens (including phenoxy) is 1. The maximum atomic E-state index is 12.0. The highest BCUT2D eigenvalue weighted by Crippen LogP contribution is 2.25. The van der Waals surface area contributed by atoms with Gasteiger partial charge in [-0.15, -0.1) is 13.2 Å². The highest BCUT2D eigenvalue weighted by Gasteiger charge is 2.31. The lowest BCUT2D eigenvalue weighted by Crippen LogP contribution is -2.17. The Kier molecular flexibility index (Phi) is 5.02. The van der Waals surface area contributed by atoms with Crippen LogP contribution in [-0.4, -0.2) is 31.9 Å². The van der Waals surface area contributed by atoms with Crippen LogP contribution in [0.3, 0.4) is 0 Å². The predicted octanol–water partition coefficient (Wildman–Crippen LogP) is 3.39. The minimum absolute atomic E-state index is 0.156. The van der Waals surface area contributed by atoms with Crippen LogP contribution in [-0.2, 0) is 6.42 Å². The summed E-state index contributed by atoms with van der Waals surface area (Å²) < 4.78 is 40.0. The lowest BCUT2D eigenvalue weighted by molar-refractivity contribution is -0.274. The molecule has 1 aromatic carbocycles. The molecular weight excluding hydrogens is 243 g/mol. The Labute approximate surface area is 105 Å². The average molecular weight is 261 g/mol. The van der Waals surface area contributed by atoms with Crippen molar-refractivity contribution in [3.05, 3.63) is 29.3 Å². The number of nitrogens with zero attached hydrogens (tertiary/aromatic N) is 1. The van der Waals surface area contributed by atoms with Gasteiger partial charge in [0.15, 0.2) is 0 Å². The van der Waals surface area contributed by atoms with Crippen LogP contribution in [0.1, 0.15) is 17.5 Å². The molecule has 0 fully saturated rings. The molecule has 0 aromatic heterocycles. The van der Waals surface area contributed by atoms with E-state index in [1.807, 2.05) is 14.1 Å². The van der Waals surface area contributed by atoms with Gasteiger partial charge in [0.2, 0.25) is 0 Å². The zero-order chi connectivity index (χ0) is 13.8. The van der Waals surface area contributed by atoms with Gasteiger partial charge in [-0.05, 0) is 63.7 Å². The van der Waals surface area contributed by atoms with E-state index in [1.54, 1.807) is 13.0 Å². The van der Waals surface area contributed by atoms with Gasteiger partial charge in [-0.3, -0.25) is 0 Å². The number of hydrogen-bond donors (Lipinski definition) is 0. The average Bonchev–Trinajstić information content (AvgIpc) is 2.18. The van der Waals surface area contributed by atoms with Crippen LogP contribution >= 0.6 is 0 Å². The second-order valence-corrected chi connectivity index (χ2v) is 4.54. The van der Waals surface area contributed by atoms with Crippen LogP contribution in [0.4, 0.5) is 13.2 Å². The molecule has 0 N–H and O–H groups in total. The third kappa shape index (κ3) is 5.40. The molecule has 18 heavy (non-hydrogen) atoms. The second-order valence-electron chi connectivity index (χ2n) is 4.54. The highest BCUT2D eigenvalue weighted by molar-refractivity contribution is 5.35. The first-order valence-corrected chi connectivity index (χ1v) is 5.78. The number of rotatable bonds is 5. The summed E-state index contributed by atoms with van der Waals surface area (Å²) >= 11 is 0. The van der Waals surface area contributed by atoms with Crippen LogP contribution < -0.4 is 4.74 Å². The lowest BCUT2D eigenvalue weighted by atomic mass is 10.0. The van der Waals surface area contributed by atoms with Crippen molar-refractivity contribution in [1.29, 1.82) is 0 Å². The number of halogens is 3. The molecule has 0 amide bonds. The monoisotopic (exact) mass is 261 g/mol. The van der Waals surface area contributed by atoms with E-state index < -0.39 is 6.36 Å². The number of hydrogen-bond acceptors (Lipinski definition) is 2. The fourth-order valence-corrected chi connectivity index (χ4v) is 1.73. The molecule has 2 nitrogen and oxygen atoms in total. The fourth-order valence-electron chi connectivity index (χ4n) is 1.73. The molecule has 1 rings (SSSR count). The molecule has 0 aliphatic carbocycles. The molecule has 0 aliphatic rings. The second kappa shape index (κ2) is 6.09. The fraction of sp³-hybridized carbons (Fsp3) is 0.538. The van der Waals surface area contributed by atoms with Crippen molar-refractivity contribution >= 4 is 0 Å². The summed E-state index contributed by atoms with van der Waals surface area (Å²) in [5.74, 6) is -0.156. The van der Waals surface area contributed by atoms with Crippen molar-refractivity contribution in [2.45, 2.75) is 26.1 Å². The molecule has 0 atom stereocenters. The van der Waals surface area contributed by atoms with Crippen LogP contribution in [0.5, 0.6) is 5.75 Å². The zero-order valence-corrected chi connectivity index (χ0v) is 10.8. The van der Waals surface area contributed by atoms with Gasteiger partial charge in [-0.2, -0.15) is 0 Å². The summed E-state index contributed by atoms with van der Waals surface area (Å²) in [6, 6.07) is 4.50. The molecule has 0 radical (unpaired) electrons. The minimum Gasteiger partial charge on any atom is -0.406 e. The smallest absolute Gasteiger partial charge is 0.406 e. The van der Waals surface area contributed by atoms with Crippen molar-refractivity contribution in [3.8, 4) is 5.75 Å². The lowest BCUT2D eigenvalue weighted by Gasteiger charge is -2.13. The molecule has 0 spiro atoms. The van der Waals surface area contributed by atoms with Gasteiger partial charge in [-0.1, -0.05) is 6.07 Å². The quantitative estimate of drug-likeness (QED) is 0.805. The van der Waals surface area contributed by atoms with Gasteiger partial charge in [0.05, 0.1) is 0 Å². The SMILES string of the molecule is Cc1cc(OC(F)(F)F)ccc1CCCN(C)C. The van der Waals surface area contributed by atoms with Gasteiger partial charge in [-0.25, -0.2) is 0 Å². The molecule has 0 saturated heterocycles. The third-order valence-electron chi connectivity index (χ3n) is 2.60. The minimum atomic E-state index is -4.63. The normalized spacial score (nSPS) is 11.9. The van der Waals surface area contributed by atoms with Crippen molar-refractivity contribution in [1.82, 2.24) is 4.90 Å². The highest BCUT2D eigenvalue weighted by atomic mass is 19.4. The molecule has 0 unspecified atom stereocenters. The molecular formula is C13H18F3NO. The first kappa shape index (κ1) is 14.8.